The zero-order valence-corrected chi connectivity index (χ0v) is 17.4. The maximum absolute atomic E-state index is 12.4. The van der Waals surface area contributed by atoms with Crippen LogP contribution >= 0.6 is 0 Å². The minimum Gasteiger partial charge on any atom is -0.352 e. The predicted molar refractivity (Wildman–Crippen MR) is 106 cm³/mol. The molecule has 0 radical (unpaired) electrons. The second-order valence-electron chi connectivity index (χ2n) is 6.41. The van der Waals surface area contributed by atoms with Crippen LogP contribution in [0.15, 0.2) is 35.2 Å². The molecule has 0 bridgehead atoms. The molecule has 0 saturated carbocycles. The Bertz CT molecular complexity index is 767. The van der Waals surface area contributed by atoms with Crippen LogP contribution in [-0.4, -0.2) is 62.2 Å². The predicted octanol–water partition coefficient (Wildman–Crippen LogP) is 1.71. The highest BCUT2D eigenvalue weighted by Crippen LogP contribution is 2.16. The number of amides is 2. The number of likely N-dealkylation sites (N-methyl/N-ethyl adjacent to an activating group) is 1. The third kappa shape index (κ3) is 6.80. The fourth-order valence-corrected chi connectivity index (χ4v) is 3.88. The SMILES string of the molecule is CCN(CC)S(=O)(=O)c1ccc(/C=C/C(=O)N(C)CC(=O)NC(C)C)cc1. The van der Waals surface area contributed by atoms with Crippen LogP contribution in [0.2, 0.25) is 0 Å². The number of nitrogens with one attached hydrogen (secondary N) is 1. The first-order chi connectivity index (χ1) is 12.6. The molecular weight excluding hydrogens is 366 g/mol. The second-order valence-corrected chi connectivity index (χ2v) is 8.35. The first kappa shape index (κ1) is 22.9. The summed E-state index contributed by atoms with van der Waals surface area (Å²) in [6, 6.07) is 6.36. The van der Waals surface area contributed by atoms with Gasteiger partial charge in [-0.15, -0.1) is 0 Å². The first-order valence-corrected chi connectivity index (χ1v) is 10.4. The van der Waals surface area contributed by atoms with E-state index in [1.165, 1.54) is 27.4 Å². The molecule has 0 fully saturated rings. The molecule has 0 aromatic heterocycles. The lowest BCUT2D eigenvalue weighted by Gasteiger charge is -2.18. The molecule has 27 heavy (non-hydrogen) atoms. The summed E-state index contributed by atoms with van der Waals surface area (Å²) in [5, 5.41) is 2.72. The normalized spacial score (nSPS) is 12.0. The van der Waals surface area contributed by atoms with Gasteiger partial charge in [-0.3, -0.25) is 9.59 Å². The Labute approximate surface area is 162 Å². The molecule has 1 aromatic rings. The highest BCUT2D eigenvalue weighted by Gasteiger charge is 2.21. The minimum absolute atomic E-state index is 0.0164. The Morgan fingerprint density at radius 1 is 1.11 bits per heavy atom. The summed E-state index contributed by atoms with van der Waals surface area (Å²) in [6.07, 6.45) is 2.95. The molecule has 0 aliphatic carbocycles. The van der Waals surface area contributed by atoms with Crippen LogP contribution in [0.25, 0.3) is 6.08 Å². The van der Waals surface area contributed by atoms with Gasteiger partial charge >= 0.3 is 0 Å². The Kier molecular flexibility index (Phi) is 8.65. The molecule has 7 nitrogen and oxygen atoms in total. The first-order valence-electron chi connectivity index (χ1n) is 8.94. The lowest BCUT2D eigenvalue weighted by atomic mass is 10.2. The molecule has 0 unspecified atom stereocenters. The summed E-state index contributed by atoms with van der Waals surface area (Å²) in [4.78, 5) is 25.3. The van der Waals surface area contributed by atoms with Crippen molar-refractivity contribution in [3.63, 3.8) is 0 Å². The number of sulfonamides is 1. The van der Waals surface area contributed by atoms with Gasteiger partial charge in [-0.25, -0.2) is 8.42 Å². The smallest absolute Gasteiger partial charge is 0.246 e. The number of hydrogen-bond donors (Lipinski definition) is 1. The van der Waals surface area contributed by atoms with Crippen molar-refractivity contribution in [2.45, 2.75) is 38.6 Å². The largest absolute Gasteiger partial charge is 0.352 e. The van der Waals surface area contributed by atoms with Gasteiger partial charge in [-0.1, -0.05) is 26.0 Å². The van der Waals surface area contributed by atoms with E-state index < -0.39 is 10.0 Å². The van der Waals surface area contributed by atoms with Crippen molar-refractivity contribution in [3.8, 4) is 0 Å². The van der Waals surface area contributed by atoms with E-state index in [4.69, 9.17) is 0 Å². The molecule has 0 aliphatic heterocycles. The number of benzene rings is 1. The van der Waals surface area contributed by atoms with Crippen LogP contribution in [0.5, 0.6) is 0 Å². The van der Waals surface area contributed by atoms with Gasteiger partial charge in [0.25, 0.3) is 0 Å². The third-order valence-electron chi connectivity index (χ3n) is 3.85. The van der Waals surface area contributed by atoms with Gasteiger partial charge in [0, 0.05) is 32.3 Å². The van der Waals surface area contributed by atoms with Crippen molar-refractivity contribution >= 4 is 27.9 Å². The van der Waals surface area contributed by atoms with Crippen LogP contribution in [0, 0.1) is 0 Å². The second kappa shape index (κ2) is 10.2. The highest BCUT2D eigenvalue weighted by molar-refractivity contribution is 7.89. The van der Waals surface area contributed by atoms with E-state index in [0.29, 0.717) is 18.7 Å². The molecule has 150 valence electrons. The molecule has 8 heteroatoms. The van der Waals surface area contributed by atoms with Crippen molar-refractivity contribution in [1.82, 2.24) is 14.5 Å². The van der Waals surface area contributed by atoms with E-state index >= 15 is 0 Å². The molecule has 0 spiro atoms. The Balaban J connectivity index is 2.77. The summed E-state index contributed by atoms with van der Waals surface area (Å²) in [5.41, 5.74) is 0.696. The topological polar surface area (TPSA) is 86.8 Å². The fourth-order valence-electron chi connectivity index (χ4n) is 2.42. The standard InChI is InChI=1S/C19H29N3O4S/c1-6-22(7-2)27(25,26)17-11-8-16(9-12-17)10-13-19(24)21(5)14-18(23)20-15(3)4/h8-13,15H,6-7,14H2,1-5H3,(H,20,23)/b13-10+. The fraction of sp³-hybridized carbons (Fsp3) is 0.474. The molecular formula is C19H29N3O4S. The number of nitrogens with zero attached hydrogens (tertiary/aromatic N) is 2. The summed E-state index contributed by atoms with van der Waals surface area (Å²) >= 11 is 0. The Hall–Kier alpha value is -2.19. The monoisotopic (exact) mass is 395 g/mol. The van der Waals surface area contributed by atoms with E-state index in [-0.39, 0.29) is 29.3 Å². The summed E-state index contributed by atoms with van der Waals surface area (Å²) in [6.45, 7) is 8.08. The lowest BCUT2D eigenvalue weighted by molar-refractivity contribution is -0.131. The maximum atomic E-state index is 12.4. The van der Waals surface area contributed by atoms with Gasteiger partial charge in [0.05, 0.1) is 11.4 Å². The van der Waals surface area contributed by atoms with Gasteiger partial charge in [0.2, 0.25) is 21.8 Å². The molecule has 0 aliphatic rings. The zero-order valence-electron chi connectivity index (χ0n) is 16.6. The Morgan fingerprint density at radius 3 is 2.15 bits per heavy atom. The third-order valence-corrected chi connectivity index (χ3v) is 5.91. The van der Waals surface area contributed by atoms with E-state index in [9.17, 15) is 18.0 Å². The average molecular weight is 396 g/mol. The van der Waals surface area contributed by atoms with Crippen molar-refractivity contribution in [1.29, 1.82) is 0 Å². The van der Waals surface area contributed by atoms with Gasteiger partial charge in [-0.2, -0.15) is 4.31 Å². The van der Waals surface area contributed by atoms with Crippen molar-refractivity contribution in [2.75, 3.05) is 26.7 Å². The molecule has 2 amide bonds. The van der Waals surface area contributed by atoms with E-state index in [1.54, 1.807) is 39.1 Å². The number of rotatable bonds is 9. The van der Waals surface area contributed by atoms with Gasteiger partial charge < -0.3 is 10.2 Å². The van der Waals surface area contributed by atoms with Gasteiger partial charge in [0.15, 0.2) is 0 Å². The van der Waals surface area contributed by atoms with Crippen LogP contribution in [-0.2, 0) is 19.6 Å². The van der Waals surface area contributed by atoms with E-state index in [2.05, 4.69) is 5.32 Å². The summed E-state index contributed by atoms with van der Waals surface area (Å²) < 4.78 is 26.3. The molecule has 0 heterocycles. The molecule has 1 aromatic carbocycles. The zero-order chi connectivity index (χ0) is 20.6. The number of carbonyl (C=O) groups excluding carboxylic acids is 2. The summed E-state index contributed by atoms with van der Waals surface area (Å²) in [5.74, 6) is -0.533. The van der Waals surface area contributed by atoms with Gasteiger partial charge in [0.1, 0.15) is 0 Å². The lowest BCUT2D eigenvalue weighted by Crippen LogP contribution is -2.40. The molecule has 0 atom stereocenters. The molecule has 0 saturated heterocycles. The van der Waals surface area contributed by atoms with Crippen LogP contribution in [0.4, 0.5) is 0 Å². The van der Waals surface area contributed by atoms with Crippen molar-refractivity contribution < 1.29 is 18.0 Å². The summed E-state index contributed by atoms with van der Waals surface area (Å²) in [7, 11) is -1.95. The highest BCUT2D eigenvalue weighted by atomic mass is 32.2. The average Bonchev–Trinajstić information content (AvgIpc) is 2.60. The van der Waals surface area contributed by atoms with E-state index in [1.807, 2.05) is 13.8 Å². The molecule has 1 N–H and O–H groups in total. The Morgan fingerprint density at radius 2 is 1.67 bits per heavy atom. The van der Waals surface area contributed by atoms with Crippen molar-refractivity contribution in [3.05, 3.63) is 35.9 Å². The quantitative estimate of drug-likeness (QED) is 0.645. The van der Waals surface area contributed by atoms with Crippen LogP contribution in [0.1, 0.15) is 33.3 Å². The maximum Gasteiger partial charge on any atom is 0.246 e. The molecule has 1 rings (SSSR count). The number of carbonyl (C=O) groups is 2. The van der Waals surface area contributed by atoms with E-state index in [0.717, 1.165) is 0 Å². The van der Waals surface area contributed by atoms with Crippen LogP contribution < -0.4 is 5.32 Å². The minimum atomic E-state index is -3.50. The number of hydrogen-bond acceptors (Lipinski definition) is 4. The van der Waals surface area contributed by atoms with Gasteiger partial charge in [-0.05, 0) is 37.6 Å². The van der Waals surface area contributed by atoms with Crippen molar-refractivity contribution in [2.24, 2.45) is 0 Å². The van der Waals surface area contributed by atoms with Crippen LogP contribution in [0.3, 0.4) is 0 Å².